The van der Waals surface area contributed by atoms with Gasteiger partial charge in [0.1, 0.15) is 18.1 Å². The van der Waals surface area contributed by atoms with Crippen LogP contribution in [0.2, 0.25) is 0 Å². The standard InChI is InChI=1S/C32H33NO4S/c34-31(24-11-15-27(16-12-24)37-26-5-1-2-6-26)32-30(28-7-3-4-8-29(28)38-32)23-9-13-25(14-10-23)36-22-19-33-17-20-35-21-18-33/h3-4,7-16,26H,1-2,5-6,17-22H2. The molecule has 0 atom stereocenters. The Bertz CT molecular complexity index is 1370. The molecule has 5 nitrogen and oxygen atoms in total. The first-order chi connectivity index (χ1) is 18.7. The van der Waals surface area contributed by atoms with Gasteiger partial charge in [0.05, 0.1) is 24.2 Å². The Morgan fingerprint density at radius 2 is 1.61 bits per heavy atom. The molecule has 2 fully saturated rings. The normalized spacial score (nSPS) is 16.6. The number of nitrogens with zero attached hydrogens (tertiary/aromatic N) is 1. The number of carbonyl (C=O) groups excluding carboxylic acids is 1. The average Bonchev–Trinajstić information content (AvgIpc) is 3.62. The van der Waals surface area contributed by atoms with Crippen molar-refractivity contribution in [1.82, 2.24) is 4.90 Å². The molecular formula is C32H33NO4S. The highest BCUT2D eigenvalue weighted by atomic mass is 32.1. The minimum Gasteiger partial charge on any atom is -0.492 e. The van der Waals surface area contributed by atoms with E-state index in [0.29, 0.717) is 18.3 Å². The molecule has 0 radical (unpaired) electrons. The number of carbonyl (C=O) groups is 1. The van der Waals surface area contributed by atoms with Crippen molar-refractivity contribution in [2.75, 3.05) is 39.5 Å². The fraction of sp³-hybridized carbons (Fsp3) is 0.344. The van der Waals surface area contributed by atoms with Crippen molar-refractivity contribution in [2.45, 2.75) is 31.8 Å². The third-order valence-electron chi connectivity index (χ3n) is 7.45. The van der Waals surface area contributed by atoms with Crippen LogP contribution < -0.4 is 9.47 Å². The number of ether oxygens (including phenoxy) is 3. The van der Waals surface area contributed by atoms with Gasteiger partial charge in [-0.05, 0) is 73.7 Å². The number of hydrogen-bond donors (Lipinski definition) is 0. The van der Waals surface area contributed by atoms with Gasteiger partial charge in [0.2, 0.25) is 5.78 Å². The highest BCUT2D eigenvalue weighted by Crippen LogP contribution is 2.40. The summed E-state index contributed by atoms with van der Waals surface area (Å²) in [5.41, 5.74) is 2.69. The minimum atomic E-state index is 0.0412. The first-order valence-corrected chi connectivity index (χ1v) is 14.4. The molecule has 0 bridgehead atoms. The molecule has 0 amide bonds. The Hall–Kier alpha value is -3.19. The highest BCUT2D eigenvalue weighted by Gasteiger charge is 2.22. The molecule has 0 spiro atoms. The second-order valence-electron chi connectivity index (χ2n) is 10.0. The van der Waals surface area contributed by atoms with Crippen LogP contribution in [-0.4, -0.2) is 56.2 Å². The lowest BCUT2D eigenvalue weighted by Crippen LogP contribution is -2.38. The van der Waals surface area contributed by atoms with Gasteiger partial charge in [-0.15, -0.1) is 11.3 Å². The van der Waals surface area contributed by atoms with Gasteiger partial charge in [-0.25, -0.2) is 0 Å². The van der Waals surface area contributed by atoms with E-state index in [-0.39, 0.29) is 5.78 Å². The van der Waals surface area contributed by atoms with Crippen LogP contribution in [0, 0.1) is 0 Å². The molecule has 2 heterocycles. The summed E-state index contributed by atoms with van der Waals surface area (Å²) in [6.45, 7) is 5.04. The molecule has 6 heteroatoms. The van der Waals surface area contributed by atoms with Gasteiger partial charge in [-0.3, -0.25) is 9.69 Å². The Morgan fingerprint density at radius 1 is 0.895 bits per heavy atom. The molecule has 3 aromatic carbocycles. The van der Waals surface area contributed by atoms with Crippen molar-refractivity contribution in [1.29, 1.82) is 0 Å². The van der Waals surface area contributed by atoms with E-state index in [4.69, 9.17) is 14.2 Å². The fourth-order valence-electron chi connectivity index (χ4n) is 5.34. The van der Waals surface area contributed by atoms with E-state index >= 15 is 0 Å². The second kappa shape index (κ2) is 11.7. The summed E-state index contributed by atoms with van der Waals surface area (Å²) in [6.07, 6.45) is 5.00. The zero-order chi connectivity index (χ0) is 25.7. The number of hydrogen-bond acceptors (Lipinski definition) is 6. The first kappa shape index (κ1) is 25.1. The SMILES string of the molecule is O=C(c1ccc(OC2CCCC2)cc1)c1sc2ccccc2c1-c1ccc(OCCN2CCOCC2)cc1. The predicted molar refractivity (Wildman–Crippen MR) is 153 cm³/mol. The summed E-state index contributed by atoms with van der Waals surface area (Å²) in [6, 6.07) is 24.0. The number of thiophene rings is 1. The number of morpholine rings is 1. The molecule has 1 aliphatic carbocycles. The van der Waals surface area contributed by atoms with E-state index in [0.717, 1.165) is 83.3 Å². The van der Waals surface area contributed by atoms with E-state index in [1.165, 1.54) is 12.8 Å². The second-order valence-corrected chi connectivity index (χ2v) is 11.1. The fourth-order valence-corrected chi connectivity index (χ4v) is 6.53. The summed E-state index contributed by atoms with van der Waals surface area (Å²) in [5.74, 6) is 1.72. The van der Waals surface area contributed by atoms with Crippen molar-refractivity contribution in [3.8, 4) is 22.6 Å². The Balaban J connectivity index is 1.21. The van der Waals surface area contributed by atoms with Gasteiger partial charge in [-0.2, -0.15) is 0 Å². The van der Waals surface area contributed by atoms with Crippen LogP contribution in [0.3, 0.4) is 0 Å². The molecule has 1 aromatic heterocycles. The largest absolute Gasteiger partial charge is 0.492 e. The molecule has 1 aliphatic heterocycles. The van der Waals surface area contributed by atoms with Gasteiger partial charge in [0.25, 0.3) is 0 Å². The summed E-state index contributed by atoms with van der Waals surface area (Å²) in [4.78, 5) is 16.9. The first-order valence-electron chi connectivity index (χ1n) is 13.6. The monoisotopic (exact) mass is 527 g/mol. The van der Waals surface area contributed by atoms with Crippen LogP contribution in [0.5, 0.6) is 11.5 Å². The van der Waals surface area contributed by atoms with Crippen molar-refractivity contribution in [3.63, 3.8) is 0 Å². The Morgan fingerprint density at radius 3 is 2.37 bits per heavy atom. The summed E-state index contributed by atoms with van der Waals surface area (Å²) >= 11 is 1.56. The van der Waals surface area contributed by atoms with Crippen LogP contribution in [0.4, 0.5) is 0 Å². The maximum Gasteiger partial charge on any atom is 0.203 e. The number of fused-ring (bicyclic) bond motifs is 1. The van der Waals surface area contributed by atoms with E-state index in [1.54, 1.807) is 11.3 Å². The molecule has 6 rings (SSSR count). The summed E-state index contributed by atoms with van der Waals surface area (Å²) in [7, 11) is 0. The van der Waals surface area contributed by atoms with Gasteiger partial charge in [0.15, 0.2) is 0 Å². The lowest BCUT2D eigenvalue weighted by molar-refractivity contribution is 0.0322. The molecule has 1 saturated heterocycles. The third-order valence-corrected chi connectivity index (χ3v) is 8.62. The maximum absolute atomic E-state index is 13.8. The van der Waals surface area contributed by atoms with Gasteiger partial charge < -0.3 is 14.2 Å². The summed E-state index contributed by atoms with van der Waals surface area (Å²) in [5, 5.41) is 1.10. The smallest absolute Gasteiger partial charge is 0.203 e. The number of ketones is 1. The van der Waals surface area contributed by atoms with E-state index < -0.39 is 0 Å². The van der Waals surface area contributed by atoms with Crippen molar-refractivity contribution < 1.29 is 19.0 Å². The predicted octanol–water partition coefficient (Wildman–Crippen LogP) is 6.83. The Labute approximate surface area is 227 Å². The van der Waals surface area contributed by atoms with Crippen LogP contribution in [0.15, 0.2) is 72.8 Å². The van der Waals surface area contributed by atoms with Gasteiger partial charge >= 0.3 is 0 Å². The topological polar surface area (TPSA) is 48.0 Å². The molecule has 1 saturated carbocycles. The molecular weight excluding hydrogens is 494 g/mol. The van der Waals surface area contributed by atoms with Crippen LogP contribution in [-0.2, 0) is 4.74 Å². The van der Waals surface area contributed by atoms with Gasteiger partial charge in [-0.1, -0.05) is 30.3 Å². The molecule has 4 aromatic rings. The van der Waals surface area contributed by atoms with E-state index in [9.17, 15) is 4.79 Å². The number of rotatable bonds is 9. The zero-order valence-electron chi connectivity index (χ0n) is 21.6. The van der Waals surface area contributed by atoms with Crippen LogP contribution in [0.1, 0.15) is 40.9 Å². The van der Waals surface area contributed by atoms with Gasteiger partial charge in [0, 0.05) is 40.8 Å². The van der Waals surface area contributed by atoms with Crippen LogP contribution in [0.25, 0.3) is 21.2 Å². The lowest BCUT2D eigenvalue weighted by Gasteiger charge is -2.26. The Kier molecular flexibility index (Phi) is 7.72. The molecule has 196 valence electrons. The number of benzene rings is 3. The van der Waals surface area contributed by atoms with E-state index in [1.807, 2.05) is 48.5 Å². The van der Waals surface area contributed by atoms with Crippen molar-refractivity contribution in [2.24, 2.45) is 0 Å². The van der Waals surface area contributed by atoms with Crippen molar-refractivity contribution in [3.05, 3.63) is 83.2 Å². The summed E-state index contributed by atoms with van der Waals surface area (Å²) < 4.78 is 18.6. The van der Waals surface area contributed by atoms with E-state index in [2.05, 4.69) is 29.2 Å². The average molecular weight is 528 g/mol. The molecule has 0 N–H and O–H groups in total. The molecule has 38 heavy (non-hydrogen) atoms. The highest BCUT2D eigenvalue weighted by molar-refractivity contribution is 7.21. The quantitative estimate of drug-likeness (QED) is 0.223. The molecule has 2 aliphatic rings. The third kappa shape index (κ3) is 5.63. The minimum absolute atomic E-state index is 0.0412. The van der Waals surface area contributed by atoms with Crippen molar-refractivity contribution >= 4 is 27.2 Å². The van der Waals surface area contributed by atoms with Crippen LogP contribution >= 0.6 is 11.3 Å². The lowest BCUT2D eigenvalue weighted by atomic mass is 9.98. The maximum atomic E-state index is 13.8. The zero-order valence-corrected chi connectivity index (χ0v) is 22.4. The molecule has 0 unspecified atom stereocenters.